The average Bonchev–Trinajstić information content (AvgIpc) is 2.63. The van der Waals surface area contributed by atoms with Gasteiger partial charge in [-0.2, -0.15) is 0 Å². The number of hydrogen-bond donors (Lipinski definition) is 0. The van der Waals surface area contributed by atoms with Gasteiger partial charge >= 0.3 is 5.97 Å². The number of carbonyl (C=O) groups is 1. The third-order valence-corrected chi connectivity index (χ3v) is 4.76. The van der Waals surface area contributed by atoms with Gasteiger partial charge in [-0.05, 0) is 39.2 Å². The molecule has 26 heavy (non-hydrogen) atoms. The van der Waals surface area contributed by atoms with Gasteiger partial charge in [0, 0.05) is 5.92 Å². The van der Waals surface area contributed by atoms with Gasteiger partial charge in [-0.1, -0.05) is 43.7 Å². The van der Waals surface area contributed by atoms with Crippen LogP contribution in [0.4, 0.5) is 0 Å². The second kappa shape index (κ2) is 11.6. The van der Waals surface area contributed by atoms with Crippen molar-refractivity contribution in [3.8, 4) is 0 Å². The molecule has 1 aromatic rings. The average molecular weight is 384 g/mol. The number of rotatable bonds is 6. The quantitative estimate of drug-likeness (QED) is 0.688. The molecule has 2 rings (SSSR count). The molecule has 0 radical (unpaired) electrons. The summed E-state index contributed by atoms with van der Waals surface area (Å²) in [6.45, 7) is 9.00. The van der Waals surface area contributed by atoms with Crippen molar-refractivity contribution in [2.75, 3.05) is 13.2 Å². The summed E-state index contributed by atoms with van der Waals surface area (Å²) < 4.78 is 17.9. The van der Waals surface area contributed by atoms with Crippen LogP contribution in [0, 0.1) is 11.8 Å². The van der Waals surface area contributed by atoms with E-state index < -0.39 is 0 Å². The summed E-state index contributed by atoms with van der Waals surface area (Å²) in [5, 5.41) is 0. The van der Waals surface area contributed by atoms with Crippen molar-refractivity contribution in [3.05, 3.63) is 35.9 Å². The predicted octanol–water partition coefficient (Wildman–Crippen LogP) is 1.02. The van der Waals surface area contributed by atoms with E-state index in [1.165, 1.54) is 5.56 Å². The lowest BCUT2D eigenvalue weighted by Gasteiger charge is -2.33. The fourth-order valence-electron chi connectivity index (χ4n) is 3.37. The third kappa shape index (κ3) is 6.90. The molecule has 0 aromatic heterocycles. The number of benzene rings is 1. The molecular weight excluding hydrogens is 352 g/mol. The summed E-state index contributed by atoms with van der Waals surface area (Å²) in [5.74, 6) is -0.300. The fourth-order valence-corrected chi connectivity index (χ4v) is 3.37. The molecule has 148 valence electrons. The molecule has 0 N–H and O–H groups in total. The maximum absolute atomic E-state index is 12.2. The van der Waals surface area contributed by atoms with Gasteiger partial charge in [-0.15, -0.1) is 0 Å². The molecule has 1 aliphatic rings. The van der Waals surface area contributed by atoms with E-state index in [9.17, 15) is 4.79 Å². The Bertz CT molecular complexity index is 522. The molecule has 1 fully saturated rings. The van der Waals surface area contributed by atoms with E-state index in [-0.39, 0.29) is 48.5 Å². The molecule has 1 heterocycles. The van der Waals surface area contributed by atoms with Gasteiger partial charge in [0.1, 0.15) is 6.10 Å². The first kappa shape index (κ1) is 22.9. The maximum Gasteiger partial charge on any atom is 0.311 e. The SMILES string of the molecule is CCCC(C)O[C@@H]1[C@@H](Cc2ccccc2)COC[C@H](C)C(=O)O[C@H]1C.[Cl-]. The normalized spacial score (nSPS) is 28.1. The van der Waals surface area contributed by atoms with Gasteiger partial charge in [-0.25, -0.2) is 0 Å². The fraction of sp³-hybridized carbons (Fsp3) is 0.667. The lowest BCUT2D eigenvalue weighted by molar-refractivity contribution is -0.165. The Labute approximate surface area is 164 Å². The number of ether oxygens (including phenoxy) is 3. The molecule has 1 saturated heterocycles. The summed E-state index contributed by atoms with van der Waals surface area (Å²) in [4.78, 5) is 12.2. The Hall–Kier alpha value is -1.10. The molecule has 5 heteroatoms. The topological polar surface area (TPSA) is 44.8 Å². The van der Waals surface area contributed by atoms with Gasteiger partial charge in [0.05, 0.1) is 31.3 Å². The van der Waals surface area contributed by atoms with E-state index in [2.05, 4.69) is 26.0 Å². The summed E-state index contributed by atoms with van der Waals surface area (Å²) in [7, 11) is 0. The third-order valence-electron chi connectivity index (χ3n) is 4.76. The van der Waals surface area contributed by atoms with Crippen LogP contribution >= 0.6 is 0 Å². The van der Waals surface area contributed by atoms with E-state index in [1.807, 2.05) is 32.0 Å². The number of carbonyl (C=O) groups excluding carboxylic acids is 1. The summed E-state index contributed by atoms with van der Waals surface area (Å²) >= 11 is 0. The second-order valence-electron chi connectivity index (χ2n) is 7.23. The van der Waals surface area contributed by atoms with Crippen molar-refractivity contribution in [1.82, 2.24) is 0 Å². The molecule has 0 bridgehead atoms. The minimum absolute atomic E-state index is 0. The van der Waals surface area contributed by atoms with Gasteiger partial charge in [0.25, 0.3) is 0 Å². The molecule has 0 saturated carbocycles. The zero-order valence-corrected chi connectivity index (χ0v) is 17.1. The highest BCUT2D eigenvalue weighted by Gasteiger charge is 2.34. The van der Waals surface area contributed by atoms with Crippen LogP contribution < -0.4 is 12.4 Å². The molecule has 0 aliphatic carbocycles. The lowest BCUT2D eigenvalue weighted by Crippen LogP contribution is -3.00. The van der Waals surface area contributed by atoms with E-state index in [0.717, 1.165) is 19.3 Å². The van der Waals surface area contributed by atoms with Crippen molar-refractivity contribution < 1.29 is 31.4 Å². The van der Waals surface area contributed by atoms with Gasteiger partial charge in [-0.3, -0.25) is 4.79 Å². The van der Waals surface area contributed by atoms with E-state index in [1.54, 1.807) is 0 Å². The second-order valence-corrected chi connectivity index (χ2v) is 7.23. The standard InChI is InChI=1S/C21H32O4.ClH/c1-5-9-16(3)24-20-17(4)25-21(22)15(2)13-23-14-19(20)12-18-10-7-6-8-11-18;/h6-8,10-11,15-17,19-20H,5,9,12-14H2,1-4H3;1H/p-1/t15-,16?,17-,19-,20-;/m0./s1. The minimum Gasteiger partial charge on any atom is -1.00 e. The monoisotopic (exact) mass is 383 g/mol. The Morgan fingerprint density at radius 3 is 2.54 bits per heavy atom. The number of esters is 1. The van der Waals surface area contributed by atoms with Gasteiger partial charge < -0.3 is 26.6 Å². The number of hydrogen-bond acceptors (Lipinski definition) is 4. The van der Waals surface area contributed by atoms with Gasteiger partial charge in [0.2, 0.25) is 0 Å². The summed E-state index contributed by atoms with van der Waals surface area (Å²) in [6, 6.07) is 10.4. The Balaban J connectivity index is 0.00000338. The zero-order chi connectivity index (χ0) is 18.2. The largest absolute Gasteiger partial charge is 1.00 e. The molecule has 1 aliphatic heterocycles. The van der Waals surface area contributed by atoms with Crippen LogP contribution in [0.1, 0.15) is 46.1 Å². The summed E-state index contributed by atoms with van der Waals surface area (Å²) in [6.07, 6.45) is 2.58. The maximum atomic E-state index is 12.2. The lowest BCUT2D eigenvalue weighted by atomic mass is 9.91. The highest BCUT2D eigenvalue weighted by molar-refractivity contribution is 5.72. The molecule has 1 aromatic carbocycles. The van der Waals surface area contributed by atoms with E-state index in [0.29, 0.717) is 13.2 Å². The van der Waals surface area contributed by atoms with Crippen molar-refractivity contribution >= 4 is 5.97 Å². The van der Waals surface area contributed by atoms with Crippen LogP contribution in [0.25, 0.3) is 0 Å². The van der Waals surface area contributed by atoms with Crippen molar-refractivity contribution in [2.45, 2.75) is 65.3 Å². The van der Waals surface area contributed by atoms with Crippen molar-refractivity contribution in [1.29, 1.82) is 0 Å². The highest BCUT2D eigenvalue weighted by atomic mass is 35.5. The van der Waals surface area contributed by atoms with Crippen LogP contribution in [0.2, 0.25) is 0 Å². The summed E-state index contributed by atoms with van der Waals surface area (Å²) in [5.41, 5.74) is 1.25. The Kier molecular flexibility index (Phi) is 10.2. The van der Waals surface area contributed by atoms with Crippen molar-refractivity contribution in [2.24, 2.45) is 11.8 Å². The number of halogens is 1. The van der Waals surface area contributed by atoms with Crippen LogP contribution in [-0.4, -0.2) is 37.5 Å². The first-order valence-electron chi connectivity index (χ1n) is 9.48. The Morgan fingerprint density at radius 2 is 1.88 bits per heavy atom. The Morgan fingerprint density at radius 1 is 1.19 bits per heavy atom. The van der Waals surface area contributed by atoms with E-state index >= 15 is 0 Å². The molecule has 0 amide bonds. The van der Waals surface area contributed by atoms with Crippen molar-refractivity contribution in [3.63, 3.8) is 0 Å². The first-order valence-corrected chi connectivity index (χ1v) is 9.48. The molecule has 4 nitrogen and oxygen atoms in total. The molecule has 5 atom stereocenters. The van der Waals surface area contributed by atoms with E-state index in [4.69, 9.17) is 14.2 Å². The van der Waals surface area contributed by atoms with Crippen LogP contribution in [0.5, 0.6) is 0 Å². The van der Waals surface area contributed by atoms with Gasteiger partial charge in [0.15, 0.2) is 0 Å². The smallest absolute Gasteiger partial charge is 0.311 e. The number of cyclic esters (lactones) is 1. The minimum atomic E-state index is -0.287. The van der Waals surface area contributed by atoms with Crippen LogP contribution in [0.15, 0.2) is 30.3 Å². The predicted molar refractivity (Wildman–Crippen MR) is 98.4 cm³/mol. The highest BCUT2D eigenvalue weighted by Crippen LogP contribution is 2.25. The molecule has 1 unspecified atom stereocenters. The molecular formula is C21H32ClO4-. The molecule has 0 spiro atoms. The zero-order valence-electron chi connectivity index (χ0n) is 16.3. The van der Waals surface area contributed by atoms with Crippen LogP contribution in [-0.2, 0) is 25.4 Å². The first-order chi connectivity index (χ1) is 12.0. The van der Waals surface area contributed by atoms with Crippen LogP contribution in [0.3, 0.4) is 0 Å².